The first-order valence-corrected chi connectivity index (χ1v) is 11.1. The molecule has 0 spiro atoms. The second-order valence-corrected chi connectivity index (χ2v) is 8.42. The molecule has 0 radical (unpaired) electrons. The predicted molar refractivity (Wildman–Crippen MR) is 122 cm³/mol. The Hall–Kier alpha value is -3.94. The highest BCUT2D eigenvalue weighted by Gasteiger charge is 2.25. The molecule has 0 fully saturated rings. The fourth-order valence-electron chi connectivity index (χ4n) is 4.42. The molecule has 5 rings (SSSR count). The number of benzene rings is 2. The van der Waals surface area contributed by atoms with Crippen molar-refractivity contribution in [3.05, 3.63) is 88.0 Å². The van der Waals surface area contributed by atoms with E-state index in [1.54, 1.807) is 18.3 Å². The minimum absolute atomic E-state index is 0.0122. The highest BCUT2D eigenvalue weighted by atomic mass is 19.1. The first-order valence-electron chi connectivity index (χ1n) is 11.1. The van der Waals surface area contributed by atoms with E-state index in [2.05, 4.69) is 10.3 Å². The van der Waals surface area contributed by atoms with Gasteiger partial charge in [-0.2, -0.15) is 0 Å². The maximum absolute atomic E-state index is 13.9. The van der Waals surface area contributed by atoms with Crippen LogP contribution in [0.15, 0.2) is 48.7 Å². The number of hydrogen-bond donors (Lipinski definition) is 1. The van der Waals surface area contributed by atoms with Crippen LogP contribution in [0, 0.1) is 12.7 Å². The lowest BCUT2D eigenvalue weighted by molar-refractivity contribution is -0.131. The van der Waals surface area contributed by atoms with Crippen LogP contribution in [0.3, 0.4) is 0 Å². The Balaban J connectivity index is 1.27. The third-order valence-electron chi connectivity index (χ3n) is 6.28. The Bertz CT molecular complexity index is 1280. The van der Waals surface area contributed by atoms with E-state index in [9.17, 15) is 14.0 Å². The molecule has 1 N–H and O–H groups in total. The summed E-state index contributed by atoms with van der Waals surface area (Å²) in [5, 5.41) is 2.81. The van der Waals surface area contributed by atoms with Crippen LogP contribution in [-0.4, -0.2) is 35.0 Å². The van der Waals surface area contributed by atoms with E-state index in [1.807, 2.05) is 30.0 Å². The highest BCUT2D eigenvalue weighted by Crippen LogP contribution is 2.33. The number of carbonyl (C=O) groups excluding carboxylic acids is 2. The van der Waals surface area contributed by atoms with E-state index in [-0.39, 0.29) is 31.2 Å². The van der Waals surface area contributed by atoms with Crippen molar-refractivity contribution in [2.45, 2.75) is 32.9 Å². The average Bonchev–Trinajstić information content (AvgIpc) is 3.31. The van der Waals surface area contributed by atoms with Crippen molar-refractivity contribution in [2.24, 2.45) is 0 Å². The van der Waals surface area contributed by atoms with Gasteiger partial charge in [0.05, 0.1) is 12.0 Å². The van der Waals surface area contributed by atoms with Gasteiger partial charge in [0.25, 0.3) is 5.91 Å². The molecule has 0 aliphatic carbocycles. The van der Waals surface area contributed by atoms with E-state index in [1.165, 1.54) is 12.1 Å². The highest BCUT2D eigenvalue weighted by molar-refractivity contribution is 5.94. The molecule has 2 aliphatic rings. The summed E-state index contributed by atoms with van der Waals surface area (Å²) in [6.07, 6.45) is 2.74. The van der Waals surface area contributed by atoms with Crippen molar-refractivity contribution in [2.75, 3.05) is 13.3 Å². The molecule has 2 aliphatic heterocycles. The first-order chi connectivity index (χ1) is 16.5. The van der Waals surface area contributed by atoms with Gasteiger partial charge < -0.3 is 19.7 Å². The number of pyridine rings is 1. The number of rotatable bonds is 5. The minimum atomic E-state index is -0.554. The molecule has 2 amide bonds. The Kier molecular flexibility index (Phi) is 5.88. The fourth-order valence-corrected chi connectivity index (χ4v) is 4.42. The molecule has 0 saturated carbocycles. The molecule has 174 valence electrons. The predicted octanol–water partition coefficient (Wildman–Crippen LogP) is 3.32. The standard InChI is InChI=1S/C26H24FN3O4/c1-16-21(13-29-26(32)20-4-2-3-5-22(20)27)19-8-9-30(14-18(19)12-28-16)25(31)11-17-6-7-23-24(10-17)34-15-33-23/h2-7,10,12H,8-9,11,13-15H2,1H3,(H,29,32). The molecule has 1 aromatic heterocycles. The number of nitrogens with one attached hydrogen (secondary N) is 1. The van der Waals surface area contributed by atoms with E-state index < -0.39 is 11.7 Å². The van der Waals surface area contributed by atoms with Gasteiger partial charge >= 0.3 is 0 Å². The third kappa shape index (κ3) is 4.31. The number of fused-ring (bicyclic) bond motifs is 2. The molecule has 0 saturated heterocycles. The Labute approximate surface area is 196 Å². The van der Waals surface area contributed by atoms with Gasteiger partial charge in [0.1, 0.15) is 5.82 Å². The smallest absolute Gasteiger partial charge is 0.254 e. The van der Waals surface area contributed by atoms with Gasteiger partial charge in [0, 0.05) is 31.5 Å². The quantitative estimate of drug-likeness (QED) is 0.631. The summed E-state index contributed by atoms with van der Waals surface area (Å²) in [6.45, 7) is 3.38. The molecule has 7 nitrogen and oxygen atoms in total. The van der Waals surface area contributed by atoms with Crippen molar-refractivity contribution in [3.63, 3.8) is 0 Å². The molecule has 3 heterocycles. The normalized spacial score (nSPS) is 14.0. The molecule has 0 bridgehead atoms. The summed E-state index contributed by atoms with van der Waals surface area (Å²) in [5.41, 5.74) is 4.68. The lowest BCUT2D eigenvalue weighted by Gasteiger charge is -2.30. The maximum atomic E-state index is 13.9. The number of nitrogens with zero attached hydrogens (tertiary/aromatic N) is 2. The van der Waals surface area contributed by atoms with E-state index in [0.29, 0.717) is 31.0 Å². The van der Waals surface area contributed by atoms with Gasteiger partial charge in [-0.1, -0.05) is 18.2 Å². The molecule has 3 aromatic rings. The first kappa shape index (κ1) is 21.9. The summed E-state index contributed by atoms with van der Waals surface area (Å²) in [5.74, 6) is 0.364. The van der Waals surface area contributed by atoms with Crippen LogP contribution < -0.4 is 14.8 Å². The van der Waals surface area contributed by atoms with Gasteiger partial charge in [-0.3, -0.25) is 14.6 Å². The Morgan fingerprint density at radius 2 is 1.97 bits per heavy atom. The largest absolute Gasteiger partial charge is 0.454 e. The summed E-state index contributed by atoms with van der Waals surface area (Å²) < 4.78 is 24.7. The second-order valence-electron chi connectivity index (χ2n) is 8.42. The van der Waals surface area contributed by atoms with Gasteiger partial charge in [-0.15, -0.1) is 0 Å². The van der Waals surface area contributed by atoms with Crippen LogP contribution in [0.2, 0.25) is 0 Å². The maximum Gasteiger partial charge on any atom is 0.254 e. The van der Waals surface area contributed by atoms with Crippen LogP contribution in [-0.2, 0) is 30.7 Å². The Morgan fingerprint density at radius 1 is 1.15 bits per heavy atom. The van der Waals surface area contributed by atoms with Crippen LogP contribution in [0.4, 0.5) is 4.39 Å². The summed E-state index contributed by atoms with van der Waals surface area (Å²) in [6, 6.07) is 11.5. The number of amides is 2. The second kappa shape index (κ2) is 9.13. The van der Waals surface area contributed by atoms with Crippen LogP contribution in [0.25, 0.3) is 0 Å². The number of halogens is 1. The van der Waals surface area contributed by atoms with Crippen LogP contribution in [0.1, 0.15) is 38.3 Å². The minimum Gasteiger partial charge on any atom is -0.454 e. The number of aromatic nitrogens is 1. The van der Waals surface area contributed by atoms with Crippen molar-refractivity contribution >= 4 is 11.8 Å². The molecule has 2 aromatic carbocycles. The zero-order valence-corrected chi connectivity index (χ0v) is 18.8. The number of hydrogen-bond acceptors (Lipinski definition) is 5. The third-order valence-corrected chi connectivity index (χ3v) is 6.28. The number of aryl methyl sites for hydroxylation is 1. The monoisotopic (exact) mass is 461 g/mol. The van der Waals surface area contributed by atoms with Crippen molar-refractivity contribution in [3.8, 4) is 11.5 Å². The molecular formula is C26H24FN3O4. The zero-order valence-electron chi connectivity index (χ0n) is 18.8. The molecule has 0 atom stereocenters. The average molecular weight is 461 g/mol. The van der Waals surface area contributed by atoms with Crippen molar-refractivity contribution in [1.82, 2.24) is 15.2 Å². The van der Waals surface area contributed by atoms with Crippen molar-refractivity contribution < 1.29 is 23.5 Å². The van der Waals surface area contributed by atoms with E-state index >= 15 is 0 Å². The van der Waals surface area contributed by atoms with Gasteiger partial charge in [0.2, 0.25) is 12.7 Å². The lowest BCUT2D eigenvalue weighted by atomic mass is 9.94. The molecule has 8 heteroatoms. The Morgan fingerprint density at radius 3 is 2.82 bits per heavy atom. The van der Waals surface area contributed by atoms with Crippen LogP contribution >= 0.6 is 0 Å². The lowest BCUT2D eigenvalue weighted by Crippen LogP contribution is -2.38. The zero-order chi connectivity index (χ0) is 23.7. The van der Waals surface area contributed by atoms with E-state index in [4.69, 9.17) is 9.47 Å². The van der Waals surface area contributed by atoms with Gasteiger partial charge in [-0.25, -0.2) is 4.39 Å². The van der Waals surface area contributed by atoms with Gasteiger partial charge in [0.15, 0.2) is 11.5 Å². The number of ether oxygens (including phenoxy) is 2. The topological polar surface area (TPSA) is 80.8 Å². The molecule has 0 unspecified atom stereocenters. The summed E-state index contributed by atoms with van der Waals surface area (Å²) in [4.78, 5) is 31.7. The van der Waals surface area contributed by atoms with Gasteiger partial charge in [-0.05, 0) is 59.9 Å². The summed E-state index contributed by atoms with van der Waals surface area (Å²) in [7, 11) is 0. The van der Waals surface area contributed by atoms with Crippen LogP contribution in [0.5, 0.6) is 11.5 Å². The van der Waals surface area contributed by atoms with Crippen molar-refractivity contribution in [1.29, 1.82) is 0 Å². The SMILES string of the molecule is Cc1ncc2c(c1CNC(=O)c1ccccc1F)CCN(C(=O)Cc1ccc3c(c1)OCO3)C2. The fraction of sp³-hybridized carbons (Fsp3) is 0.269. The number of carbonyl (C=O) groups is 2. The summed E-state index contributed by atoms with van der Waals surface area (Å²) >= 11 is 0. The van der Waals surface area contributed by atoms with E-state index in [0.717, 1.165) is 27.9 Å². The molecule has 34 heavy (non-hydrogen) atoms. The molecular weight excluding hydrogens is 437 g/mol.